The monoisotopic (exact) mass is 487 g/mol. The van der Waals surface area contributed by atoms with Crippen LogP contribution in [-0.4, -0.2) is 27.9 Å². The lowest BCUT2D eigenvalue weighted by Gasteiger charge is -2.45. The highest BCUT2D eigenvalue weighted by molar-refractivity contribution is 5.33. The standard InChI is InChI=1S/C25H25F4N5O/c1-18(20-9-19(12-26)10-22(11-20)25(27,28)29)35-15-24(21-5-3-2-4-6-21)8-7-23(13-30,14-31-24)34-16-32-33-17-34/h2-6,9-11,16-18,31H,7-8,12,14-15H2,1H3/t18-,23+,24-/m1/s1. The molecule has 0 saturated carbocycles. The summed E-state index contributed by atoms with van der Waals surface area (Å²) in [6, 6.07) is 15.2. The van der Waals surface area contributed by atoms with E-state index < -0.39 is 35.6 Å². The van der Waals surface area contributed by atoms with E-state index in [2.05, 4.69) is 21.6 Å². The molecule has 1 aliphatic rings. The van der Waals surface area contributed by atoms with Crippen molar-refractivity contribution in [3.05, 3.63) is 83.4 Å². The fourth-order valence-electron chi connectivity index (χ4n) is 4.48. The molecule has 0 spiro atoms. The van der Waals surface area contributed by atoms with Crippen molar-refractivity contribution in [1.29, 1.82) is 5.26 Å². The zero-order chi connectivity index (χ0) is 25.1. The lowest BCUT2D eigenvalue weighted by molar-refractivity contribution is -0.137. The third-order valence-corrected chi connectivity index (χ3v) is 6.68. The zero-order valence-electron chi connectivity index (χ0n) is 19.1. The predicted molar refractivity (Wildman–Crippen MR) is 120 cm³/mol. The molecule has 6 nitrogen and oxygen atoms in total. The number of nitrogens with zero attached hydrogens (tertiary/aromatic N) is 4. The number of ether oxygens (including phenoxy) is 1. The quantitative estimate of drug-likeness (QED) is 0.473. The first-order chi connectivity index (χ1) is 16.7. The molecule has 3 atom stereocenters. The van der Waals surface area contributed by atoms with Crippen LogP contribution in [0.4, 0.5) is 17.6 Å². The Labute approximate surface area is 200 Å². The summed E-state index contributed by atoms with van der Waals surface area (Å²) in [6.07, 6.45) is -1.28. The normalized spacial score (nSPS) is 23.5. The minimum atomic E-state index is -4.58. The summed E-state index contributed by atoms with van der Waals surface area (Å²) in [5, 5.41) is 21.1. The van der Waals surface area contributed by atoms with Gasteiger partial charge in [0.15, 0.2) is 0 Å². The van der Waals surface area contributed by atoms with Crippen LogP contribution in [0.3, 0.4) is 0 Å². The Balaban J connectivity index is 1.58. The molecule has 35 heavy (non-hydrogen) atoms. The van der Waals surface area contributed by atoms with Gasteiger partial charge in [0.05, 0.1) is 29.9 Å². The summed E-state index contributed by atoms with van der Waals surface area (Å²) in [6.45, 7) is 1.08. The van der Waals surface area contributed by atoms with Gasteiger partial charge in [-0.25, -0.2) is 4.39 Å². The number of piperidine rings is 1. The molecule has 0 radical (unpaired) electrons. The van der Waals surface area contributed by atoms with Gasteiger partial charge >= 0.3 is 6.18 Å². The van der Waals surface area contributed by atoms with Gasteiger partial charge in [0.2, 0.25) is 0 Å². The number of hydrogen-bond acceptors (Lipinski definition) is 5. The van der Waals surface area contributed by atoms with Crippen LogP contribution in [0, 0.1) is 11.3 Å². The lowest BCUT2D eigenvalue weighted by Crippen LogP contribution is -2.58. The smallest absolute Gasteiger partial charge is 0.372 e. The van der Waals surface area contributed by atoms with E-state index in [1.807, 2.05) is 30.3 Å². The molecular weight excluding hydrogens is 462 g/mol. The van der Waals surface area contributed by atoms with E-state index in [-0.39, 0.29) is 17.7 Å². The maximum atomic E-state index is 13.3. The van der Waals surface area contributed by atoms with Crippen molar-refractivity contribution in [2.45, 2.75) is 49.8 Å². The Morgan fingerprint density at radius 1 is 1.14 bits per heavy atom. The van der Waals surface area contributed by atoms with Gasteiger partial charge in [-0.15, -0.1) is 10.2 Å². The van der Waals surface area contributed by atoms with E-state index in [9.17, 15) is 22.8 Å². The van der Waals surface area contributed by atoms with Gasteiger partial charge in [-0.3, -0.25) is 4.57 Å². The molecule has 2 heterocycles. The minimum Gasteiger partial charge on any atom is -0.372 e. The van der Waals surface area contributed by atoms with Crippen LogP contribution in [0.2, 0.25) is 0 Å². The molecule has 184 valence electrons. The first-order valence-corrected chi connectivity index (χ1v) is 11.2. The zero-order valence-corrected chi connectivity index (χ0v) is 19.1. The molecule has 1 aromatic heterocycles. The summed E-state index contributed by atoms with van der Waals surface area (Å²) in [4.78, 5) is 0. The van der Waals surface area contributed by atoms with Gasteiger partial charge in [-0.2, -0.15) is 18.4 Å². The lowest BCUT2D eigenvalue weighted by atomic mass is 9.76. The van der Waals surface area contributed by atoms with Gasteiger partial charge < -0.3 is 10.1 Å². The van der Waals surface area contributed by atoms with Crippen LogP contribution < -0.4 is 5.32 Å². The first kappa shape index (κ1) is 24.8. The van der Waals surface area contributed by atoms with Crippen LogP contribution in [-0.2, 0) is 28.7 Å². The number of benzene rings is 2. The van der Waals surface area contributed by atoms with Crippen molar-refractivity contribution in [3.8, 4) is 6.07 Å². The second-order valence-corrected chi connectivity index (χ2v) is 8.86. The molecule has 0 bridgehead atoms. The molecule has 4 rings (SSSR count). The number of alkyl halides is 4. The molecule has 0 unspecified atom stereocenters. The van der Waals surface area contributed by atoms with Gasteiger partial charge in [0.25, 0.3) is 0 Å². The molecule has 1 fully saturated rings. The van der Waals surface area contributed by atoms with E-state index in [1.165, 1.54) is 18.7 Å². The second kappa shape index (κ2) is 9.76. The number of hydrogen-bond donors (Lipinski definition) is 1. The van der Waals surface area contributed by atoms with E-state index in [0.717, 1.165) is 17.7 Å². The Kier molecular flexibility index (Phi) is 6.92. The molecule has 10 heteroatoms. The summed E-state index contributed by atoms with van der Waals surface area (Å²) in [5.74, 6) is 0. The van der Waals surface area contributed by atoms with Gasteiger partial charge in [0.1, 0.15) is 24.9 Å². The van der Waals surface area contributed by atoms with Crippen molar-refractivity contribution in [2.75, 3.05) is 13.2 Å². The maximum absolute atomic E-state index is 13.3. The van der Waals surface area contributed by atoms with Crippen molar-refractivity contribution in [1.82, 2.24) is 20.1 Å². The predicted octanol–water partition coefficient (Wildman–Crippen LogP) is 5.04. The van der Waals surface area contributed by atoms with Crippen LogP contribution in [0.5, 0.6) is 0 Å². The molecular formula is C25H25F4N5O. The Hall–Kier alpha value is -3.29. The average Bonchev–Trinajstić information content (AvgIpc) is 3.43. The number of aromatic nitrogens is 3. The highest BCUT2D eigenvalue weighted by Crippen LogP contribution is 2.39. The van der Waals surface area contributed by atoms with Crippen LogP contribution in [0.25, 0.3) is 0 Å². The number of halogens is 4. The fourth-order valence-corrected chi connectivity index (χ4v) is 4.48. The molecule has 1 aliphatic heterocycles. The molecule has 0 aliphatic carbocycles. The topological polar surface area (TPSA) is 75.8 Å². The summed E-state index contributed by atoms with van der Waals surface area (Å²) in [7, 11) is 0. The summed E-state index contributed by atoms with van der Waals surface area (Å²) in [5.41, 5.74) is -1.30. The Morgan fingerprint density at radius 2 is 1.86 bits per heavy atom. The molecule has 2 aromatic carbocycles. The molecule has 1 saturated heterocycles. The van der Waals surface area contributed by atoms with Crippen LogP contribution in [0.15, 0.2) is 61.2 Å². The Morgan fingerprint density at radius 3 is 2.43 bits per heavy atom. The van der Waals surface area contributed by atoms with E-state index in [4.69, 9.17) is 4.74 Å². The largest absolute Gasteiger partial charge is 0.416 e. The third-order valence-electron chi connectivity index (χ3n) is 6.68. The highest BCUT2D eigenvalue weighted by Gasteiger charge is 2.45. The van der Waals surface area contributed by atoms with E-state index in [0.29, 0.717) is 19.4 Å². The number of nitriles is 1. The van der Waals surface area contributed by atoms with E-state index >= 15 is 0 Å². The van der Waals surface area contributed by atoms with Crippen LogP contribution >= 0.6 is 0 Å². The maximum Gasteiger partial charge on any atom is 0.416 e. The van der Waals surface area contributed by atoms with Crippen molar-refractivity contribution in [2.24, 2.45) is 0 Å². The summed E-state index contributed by atoms with van der Waals surface area (Å²) < 4.78 is 61.0. The van der Waals surface area contributed by atoms with Crippen molar-refractivity contribution < 1.29 is 22.3 Å². The molecule has 1 N–H and O–H groups in total. The van der Waals surface area contributed by atoms with Gasteiger partial charge in [0, 0.05) is 6.54 Å². The first-order valence-electron chi connectivity index (χ1n) is 11.2. The highest BCUT2D eigenvalue weighted by atomic mass is 19.4. The number of nitrogens with one attached hydrogen (secondary N) is 1. The SMILES string of the molecule is C[C@@H](OC[C@@]1(c2ccccc2)CC[C@@](C#N)(n2cnnc2)CN1)c1cc(CF)cc(C(F)(F)F)c1. The Bertz CT molecular complexity index is 1170. The van der Waals surface area contributed by atoms with E-state index in [1.54, 1.807) is 11.5 Å². The summed E-state index contributed by atoms with van der Waals surface area (Å²) >= 11 is 0. The number of rotatable bonds is 7. The fraction of sp³-hybridized carbons (Fsp3) is 0.400. The van der Waals surface area contributed by atoms with Gasteiger partial charge in [-0.1, -0.05) is 36.4 Å². The minimum absolute atomic E-state index is 0.0495. The molecule has 0 amide bonds. The van der Waals surface area contributed by atoms with Crippen molar-refractivity contribution in [3.63, 3.8) is 0 Å². The average molecular weight is 488 g/mol. The third kappa shape index (κ3) is 5.06. The van der Waals surface area contributed by atoms with Crippen LogP contribution in [0.1, 0.15) is 48.1 Å². The van der Waals surface area contributed by atoms with Crippen molar-refractivity contribution >= 4 is 0 Å². The molecule has 3 aromatic rings. The second-order valence-electron chi connectivity index (χ2n) is 8.86. The van der Waals surface area contributed by atoms with Gasteiger partial charge in [-0.05, 0) is 48.6 Å².